The van der Waals surface area contributed by atoms with Crippen LogP contribution in [0, 0.1) is 34.5 Å². The van der Waals surface area contributed by atoms with E-state index >= 15 is 0 Å². The first-order valence-electron chi connectivity index (χ1n) is 12.2. The molecule has 32 heavy (non-hydrogen) atoms. The third-order valence-corrected chi connectivity index (χ3v) is 8.34. The SMILES string of the molecule is CC(NC(=O)/C(C#N)=C\Nc1ccccc1N1CCOCC1)C12CC3CC(CC(C3)C1)C2. The predicted molar refractivity (Wildman–Crippen MR) is 125 cm³/mol. The number of nitrogens with one attached hydrogen (secondary N) is 2. The second-order valence-corrected chi connectivity index (χ2v) is 10.4. The van der Waals surface area contributed by atoms with Crippen molar-refractivity contribution >= 4 is 17.3 Å². The van der Waals surface area contributed by atoms with Gasteiger partial charge in [-0.05, 0) is 80.8 Å². The molecular weight excluding hydrogens is 400 g/mol. The Kier molecular flexibility index (Phi) is 5.86. The maximum atomic E-state index is 13.0. The van der Waals surface area contributed by atoms with Crippen LogP contribution in [0.4, 0.5) is 11.4 Å². The number of ether oxygens (including phenoxy) is 1. The molecule has 4 bridgehead atoms. The molecule has 1 atom stereocenters. The Morgan fingerprint density at radius 2 is 1.78 bits per heavy atom. The Hall–Kier alpha value is -2.52. The summed E-state index contributed by atoms with van der Waals surface area (Å²) in [6.07, 6.45) is 9.41. The van der Waals surface area contributed by atoms with Gasteiger partial charge >= 0.3 is 0 Å². The monoisotopic (exact) mass is 434 g/mol. The van der Waals surface area contributed by atoms with Crippen molar-refractivity contribution in [3.05, 3.63) is 36.0 Å². The van der Waals surface area contributed by atoms with Crippen molar-refractivity contribution in [2.45, 2.75) is 51.5 Å². The summed E-state index contributed by atoms with van der Waals surface area (Å²) in [5, 5.41) is 16.1. The first kappa shape index (κ1) is 21.3. The van der Waals surface area contributed by atoms with E-state index in [0.717, 1.165) is 42.2 Å². The average molecular weight is 435 g/mol. The van der Waals surface area contributed by atoms with Crippen LogP contribution in [0.1, 0.15) is 45.4 Å². The summed E-state index contributed by atoms with van der Waals surface area (Å²) in [5.74, 6) is 2.24. The highest BCUT2D eigenvalue weighted by molar-refractivity contribution is 5.97. The Morgan fingerprint density at radius 1 is 1.16 bits per heavy atom. The lowest BCUT2D eigenvalue weighted by molar-refractivity contribution is -0.122. The summed E-state index contributed by atoms with van der Waals surface area (Å²) < 4.78 is 5.46. The number of morpholine rings is 1. The zero-order chi connectivity index (χ0) is 22.1. The van der Waals surface area contributed by atoms with Crippen LogP contribution in [0.15, 0.2) is 36.0 Å². The summed E-state index contributed by atoms with van der Waals surface area (Å²) >= 11 is 0. The third kappa shape index (κ3) is 4.11. The fraction of sp³-hybridized carbons (Fsp3) is 0.615. The van der Waals surface area contributed by atoms with Crippen molar-refractivity contribution in [1.82, 2.24) is 5.32 Å². The molecule has 170 valence electrons. The average Bonchev–Trinajstić information content (AvgIpc) is 2.79. The summed E-state index contributed by atoms with van der Waals surface area (Å²) in [4.78, 5) is 15.3. The van der Waals surface area contributed by atoms with Crippen molar-refractivity contribution in [1.29, 1.82) is 5.26 Å². The third-order valence-electron chi connectivity index (χ3n) is 8.34. The Morgan fingerprint density at radius 3 is 2.41 bits per heavy atom. The number of rotatable bonds is 6. The highest BCUT2D eigenvalue weighted by Gasteiger charge is 2.53. The molecule has 1 saturated heterocycles. The van der Waals surface area contributed by atoms with E-state index < -0.39 is 0 Å². The fourth-order valence-electron chi connectivity index (χ4n) is 7.11. The number of benzene rings is 1. The van der Waals surface area contributed by atoms with Gasteiger partial charge in [-0.15, -0.1) is 0 Å². The molecule has 1 aromatic rings. The Labute approximate surface area is 191 Å². The largest absolute Gasteiger partial charge is 0.378 e. The van der Waals surface area contributed by atoms with Crippen molar-refractivity contribution < 1.29 is 9.53 Å². The van der Waals surface area contributed by atoms with Crippen molar-refractivity contribution in [3.8, 4) is 6.07 Å². The quantitative estimate of drug-likeness (QED) is 0.521. The molecule has 1 aliphatic heterocycles. The standard InChI is InChI=1S/C26H34N4O2/c1-18(26-13-19-10-20(14-26)12-21(11-19)15-26)29-25(31)22(16-27)17-28-23-4-2-3-5-24(23)30-6-8-32-9-7-30/h2-5,17-21,28H,6-15H2,1H3,(H,29,31)/b22-17-. The Balaban J connectivity index is 1.26. The van der Waals surface area contributed by atoms with Gasteiger partial charge in [-0.3, -0.25) is 4.79 Å². The summed E-state index contributed by atoms with van der Waals surface area (Å²) in [7, 11) is 0. The number of hydrogen-bond donors (Lipinski definition) is 2. The van der Waals surface area contributed by atoms with Crippen LogP contribution in [0.2, 0.25) is 0 Å². The highest BCUT2D eigenvalue weighted by Crippen LogP contribution is 2.61. The van der Waals surface area contributed by atoms with E-state index in [9.17, 15) is 10.1 Å². The normalized spacial score (nSPS) is 32.3. The van der Waals surface area contributed by atoms with Gasteiger partial charge in [0.2, 0.25) is 0 Å². The second-order valence-electron chi connectivity index (χ2n) is 10.4. The molecule has 6 rings (SSSR count). The summed E-state index contributed by atoms with van der Waals surface area (Å²) in [6, 6.07) is 10.2. The van der Waals surface area contributed by atoms with E-state index in [-0.39, 0.29) is 22.9 Å². The summed E-state index contributed by atoms with van der Waals surface area (Å²) in [5.41, 5.74) is 2.30. The van der Waals surface area contributed by atoms with Gasteiger partial charge in [-0.2, -0.15) is 5.26 Å². The van der Waals surface area contributed by atoms with Gasteiger partial charge in [0.15, 0.2) is 0 Å². The molecule has 5 aliphatic rings. The lowest BCUT2D eigenvalue weighted by Crippen LogP contribution is -2.56. The fourth-order valence-corrected chi connectivity index (χ4v) is 7.11. The number of nitrogens with zero attached hydrogens (tertiary/aromatic N) is 2. The molecule has 1 heterocycles. The van der Waals surface area contributed by atoms with Gasteiger partial charge < -0.3 is 20.3 Å². The van der Waals surface area contributed by atoms with Crippen LogP contribution in [0.3, 0.4) is 0 Å². The van der Waals surface area contributed by atoms with E-state index in [1.807, 2.05) is 18.2 Å². The van der Waals surface area contributed by atoms with Gasteiger partial charge in [0.05, 0.1) is 24.6 Å². The van der Waals surface area contributed by atoms with Gasteiger partial charge in [-0.1, -0.05) is 12.1 Å². The smallest absolute Gasteiger partial charge is 0.263 e. The molecule has 1 unspecified atom stereocenters. The minimum atomic E-state index is -0.271. The van der Waals surface area contributed by atoms with E-state index in [1.165, 1.54) is 38.5 Å². The predicted octanol–water partition coefficient (Wildman–Crippen LogP) is 4.06. The first-order chi connectivity index (χ1) is 15.6. The van der Waals surface area contributed by atoms with Gasteiger partial charge in [-0.25, -0.2) is 0 Å². The van der Waals surface area contributed by atoms with Crippen LogP contribution in [0.5, 0.6) is 0 Å². The van der Waals surface area contributed by atoms with Gasteiger partial charge in [0, 0.05) is 25.3 Å². The van der Waals surface area contributed by atoms with Crippen LogP contribution >= 0.6 is 0 Å². The topological polar surface area (TPSA) is 77.4 Å². The van der Waals surface area contributed by atoms with E-state index in [0.29, 0.717) is 13.2 Å². The minimum Gasteiger partial charge on any atom is -0.378 e. The molecule has 0 radical (unpaired) electrons. The van der Waals surface area contributed by atoms with E-state index in [1.54, 1.807) is 6.20 Å². The molecule has 1 aromatic carbocycles. The lowest BCUT2D eigenvalue weighted by atomic mass is 9.48. The lowest BCUT2D eigenvalue weighted by Gasteiger charge is -2.59. The van der Waals surface area contributed by atoms with E-state index in [4.69, 9.17) is 4.74 Å². The molecule has 4 aliphatic carbocycles. The number of carbonyl (C=O) groups is 1. The second kappa shape index (κ2) is 8.78. The highest BCUT2D eigenvalue weighted by atomic mass is 16.5. The number of anilines is 2. The number of nitriles is 1. The molecule has 4 saturated carbocycles. The molecular formula is C26H34N4O2. The molecule has 6 nitrogen and oxygen atoms in total. The number of para-hydroxylation sites is 2. The van der Waals surface area contributed by atoms with E-state index in [2.05, 4.69) is 34.6 Å². The molecule has 5 fully saturated rings. The molecule has 2 N–H and O–H groups in total. The van der Waals surface area contributed by atoms with Crippen LogP contribution in [0.25, 0.3) is 0 Å². The number of hydrogen-bond acceptors (Lipinski definition) is 5. The molecule has 0 spiro atoms. The zero-order valence-corrected chi connectivity index (χ0v) is 19.0. The molecule has 0 aromatic heterocycles. The van der Waals surface area contributed by atoms with Crippen LogP contribution < -0.4 is 15.5 Å². The number of carbonyl (C=O) groups excluding carboxylic acids is 1. The number of amides is 1. The van der Waals surface area contributed by atoms with Crippen LogP contribution in [-0.4, -0.2) is 38.3 Å². The Bertz CT molecular complexity index is 893. The van der Waals surface area contributed by atoms with Crippen molar-refractivity contribution in [3.63, 3.8) is 0 Å². The van der Waals surface area contributed by atoms with Gasteiger partial charge in [0.25, 0.3) is 5.91 Å². The maximum absolute atomic E-state index is 13.0. The molecule has 6 heteroatoms. The minimum absolute atomic E-state index is 0.0980. The maximum Gasteiger partial charge on any atom is 0.263 e. The van der Waals surface area contributed by atoms with Crippen molar-refractivity contribution in [2.24, 2.45) is 23.2 Å². The van der Waals surface area contributed by atoms with Crippen molar-refractivity contribution in [2.75, 3.05) is 36.5 Å². The molecule has 1 amide bonds. The van der Waals surface area contributed by atoms with Crippen LogP contribution in [-0.2, 0) is 9.53 Å². The van der Waals surface area contributed by atoms with Gasteiger partial charge in [0.1, 0.15) is 11.6 Å². The first-order valence-corrected chi connectivity index (χ1v) is 12.2. The summed E-state index contributed by atoms with van der Waals surface area (Å²) in [6.45, 7) is 5.23. The zero-order valence-electron chi connectivity index (χ0n) is 19.0.